The van der Waals surface area contributed by atoms with E-state index >= 15 is 0 Å². The minimum Gasteiger partial charge on any atom is -0.205 e. The minimum absolute atomic E-state index is 0.163. The van der Waals surface area contributed by atoms with E-state index in [0.29, 0.717) is 10.0 Å². The molecule has 0 spiro atoms. The van der Waals surface area contributed by atoms with Crippen molar-refractivity contribution < 1.29 is 4.39 Å². The van der Waals surface area contributed by atoms with E-state index in [4.69, 9.17) is 11.6 Å². The normalized spacial score (nSPS) is 10.8. The van der Waals surface area contributed by atoms with Crippen LogP contribution in [0.15, 0.2) is 16.6 Å². The van der Waals surface area contributed by atoms with E-state index in [2.05, 4.69) is 15.9 Å². The Morgan fingerprint density at radius 1 is 1.42 bits per heavy atom. The molecule has 1 aromatic rings. The van der Waals surface area contributed by atoms with E-state index in [9.17, 15) is 4.39 Å². The molecule has 0 heterocycles. The topological polar surface area (TPSA) is 0 Å². The summed E-state index contributed by atoms with van der Waals surface area (Å²) in [5.74, 6) is -0.156. The van der Waals surface area contributed by atoms with Gasteiger partial charge in [0, 0.05) is 4.47 Å². The predicted octanol–water partition coefficient (Wildman–Crippen LogP) is 4.37. The highest BCUT2D eigenvalue weighted by Crippen LogP contribution is 2.30. The molecule has 0 aliphatic heterocycles. The Morgan fingerprint density at radius 3 is 2.50 bits per heavy atom. The third kappa shape index (κ3) is 1.80. The summed E-state index contributed by atoms with van der Waals surface area (Å²) in [6.45, 7) is 3.87. The molecule has 0 fully saturated rings. The highest BCUT2D eigenvalue weighted by Gasteiger charge is 2.11. The first-order chi connectivity index (χ1) is 5.54. The molecule has 0 aromatic heterocycles. The molecule has 0 radical (unpaired) electrons. The highest BCUT2D eigenvalue weighted by atomic mass is 79.9. The molecule has 1 aromatic carbocycles. The predicted molar refractivity (Wildman–Crippen MR) is 53.2 cm³/mol. The van der Waals surface area contributed by atoms with Crippen molar-refractivity contribution in [3.8, 4) is 0 Å². The van der Waals surface area contributed by atoms with Gasteiger partial charge in [0.05, 0.1) is 5.02 Å². The van der Waals surface area contributed by atoms with Crippen LogP contribution in [0.1, 0.15) is 25.3 Å². The van der Waals surface area contributed by atoms with Crippen LogP contribution in [-0.2, 0) is 0 Å². The van der Waals surface area contributed by atoms with Gasteiger partial charge in [-0.15, -0.1) is 0 Å². The van der Waals surface area contributed by atoms with E-state index in [1.54, 1.807) is 12.1 Å². The lowest BCUT2D eigenvalue weighted by atomic mass is 10.0. The van der Waals surface area contributed by atoms with E-state index in [-0.39, 0.29) is 16.8 Å². The maximum absolute atomic E-state index is 13.4. The van der Waals surface area contributed by atoms with Crippen LogP contribution in [0.3, 0.4) is 0 Å². The van der Waals surface area contributed by atoms with E-state index in [1.807, 2.05) is 13.8 Å². The largest absolute Gasteiger partial charge is 0.205 e. The van der Waals surface area contributed by atoms with Gasteiger partial charge in [-0.1, -0.05) is 31.5 Å². The second-order valence-electron chi connectivity index (χ2n) is 2.92. The number of rotatable bonds is 1. The molecule has 1 rings (SSSR count). The number of halogens is 3. The molecule has 0 saturated heterocycles. The van der Waals surface area contributed by atoms with Gasteiger partial charge in [-0.25, -0.2) is 4.39 Å². The van der Waals surface area contributed by atoms with Crippen molar-refractivity contribution in [2.45, 2.75) is 19.8 Å². The SMILES string of the molecule is CC(C)c1ccc(Br)c(Cl)c1F. The lowest BCUT2D eigenvalue weighted by Crippen LogP contribution is -1.93. The second kappa shape index (κ2) is 3.75. The van der Waals surface area contributed by atoms with Gasteiger partial charge in [-0.3, -0.25) is 0 Å². The fourth-order valence-corrected chi connectivity index (χ4v) is 1.47. The fourth-order valence-electron chi connectivity index (χ4n) is 0.987. The first-order valence-electron chi connectivity index (χ1n) is 3.67. The molecule has 0 N–H and O–H groups in total. The molecule has 66 valence electrons. The third-order valence-electron chi connectivity index (χ3n) is 1.69. The van der Waals surface area contributed by atoms with Crippen molar-refractivity contribution in [3.05, 3.63) is 33.0 Å². The molecule has 0 nitrogen and oxygen atoms in total. The Hall–Kier alpha value is -0.0800. The zero-order chi connectivity index (χ0) is 9.30. The monoisotopic (exact) mass is 250 g/mol. The van der Waals surface area contributed by atoms with Gasteiger partial charge in [0.1, 0.15) is 5.82 Å². The standard InChI is InChI=1S/C9H9BrClF/c1-5(2)6-3-4-7(10)8(11)9(6)12/h3-5H,1-2H3. The van der Waals surface area contributed by atoms with Crippen LogP contribution in [0, 0.1) is 5.82 Å². The summed E-state index contributed by atoms with van der Waals surface area (Å²) in [5.41, 5.74) is 0.656. The molecule has 0 aliphatic rings. The van der Waals surface area contributed by atoms with E-state index in [1.165, 1.54) is 0 Å². The van der Waals surface area contributed by atoms with Crippen LogP contribution in [0.4, 0.5) is 4.39 Å². The summed E-state index contributed by atoms with van der Waals surface area (Å²) >= 11 is 8.86. The number of hydrogen-bond acceptors (Lipinski definition) is 0. The van der Waals surface area contributed by atoms with Crippen LogP contribution in [0.2, 0.25) is 5.02 Å². The molecule has 0 amide bonds. The summed E-state index contributed by atoms with van der Waals surface area (Å²) < 4.78 is 14.0. The van der Waals surface area contributed by atoms with Crippen molar-refractivity contribution in [2.75, 3.05) is 0 Å². The molecule has 0 atom stereocenters. The van der Waals surface area contributed by atoms with Crippen LogP contribution in [-0.4, -0.2) is 0 Å². The van der Waals surface area contributed by atoms with Crippen molar-refractivity contribution in [3.63, 3.8) is 0 Å². The summed E-state index contributed by atoms with van der Waals surface area (Å²) in [6.07, 6.45) is 0. The number of hydrogen-bond donors (Lipinski definition) is 0. The molecule has 0 saturated carbocycles. The molecule has 0 aliphatic carbocycles. The number of benzene rings is 1. The summed E-state index contributed by atoms with van der Waals surface area (Å²) in [7, 11) is 0. The zero-order valence-electron chi connectivity index (χ0n) is 6.87. The van der Waals surface area contributed by atoms with Gasteiger partial charge in [0.15, 0.2) is 0 Å². The van der Waals surface area contributed by atoms with Crippen LogP contribution in [0.25, 0.3) is 0 Å². The fraction of sp³-hybridized carbons (Fsp3) is 0.333. The van der Waals surface area contributed by atoms with Gasteiger partial charge < -0.3 is 0 Å². The van der Waals surface area contributed by atoms with Gasteiger partial charge in [-0.2, -0.15) is 0 Å². The Labute approximate surface area is 84.9 Å². The molecule has 0 bridgehead atoms. The van der Waals surface area contributed by atoms with Crippen molar-refractivity contribution in [1.29, 1.82) is 0 Å². The van der Waals surface area contributed by atoms with Gasteiger partial charge in [0.2, 0.25) is 0 Å². The summed E-state index contributed by atoms with van der Waals surface area (Å²) in [5, 5.41) is 0.168. The maximum atomic E-state index is 13.4. The smallest absolute Gasteiger partial charge is 0.146 e. The lowest BCUT2D eigenvalue weighted by molar-refractivity contribution is 0.598. The highest BCUT2D eigenvalue weighted by molar-refractivity contribution is 9.10. The lowest BCUT2D eigenvalue weighted by Gasteiger charge is -2.08. The van der Waals surface area contributed by atoms with Gasteiger partial charge >= 0.3 is 0 Å². The first kappa shape index (κ1) is 10.0. The Morgan fingerprint density at radius 2 is 2.00 bits per heavy atom. The summed E-state index contributed by atoms with van der Waals surface area (Å²) in [4.78, 5) is 0. The molecule has 12 heavy (non-hydrogen) atoms. The van der Waals surface area contributed by atoms with E-state index < -0.39 is 0 Å². The minimum atomic E-state index is -0.318. The zero-order valence-corrected chi connectivity index (χ0v) is 9.21. The Balaban J connectivity index is 3.27. The van der Waals surface area contributed by atoms with Gasteiger partial charge in [0.25, 0.3) is 0 Å². The molecular weight excluding hydrogens is 242 g/mol. The Bertz CT molecular complexity index is 297. The average molecular weight is 252 g/mol. The second-order valence-corrected chi connectivity index (χ2v) is 4.15. The van der Waals surface area contributed by atoms with Crippen molar-refractivity contribution in [1.82, 2.24) is 0 Å². The van der Waals surface area contributed by atoms with E-state index in [0.717, 1.165) is 0 Å². The third-order valence-corrected chi connectivity index (χ3v) is 2.95. The van der Waals surface area contributed by atoms with Crippen LogP contribution in [0.5, 0.6) is 0 Å². The maximum Gasteiger partial charge on any atom is 0.146 e. The van der Waals surface area contributed by atoms with Crippen LogP contribution < -0.4 is 0 Å². The van der Waals surface area contributed by atoms with Gasteiger partial charge in [-0.05, 0) is 33.5 Å². The van der Waals surface area contributed by atoms with Crippen molar-refractivity contribution in [2.24, 2.45) is 0 Å². The summed E-state index contributed by atoms with van der Waals surface area (Å²) in [6, 6.07) is 3.51. The average Bonchev–Trinajstić information content (AvgIpc) is 2.00. The molecular formula is C9H9BrClF. The first-order valence-corrected chi connectivity index (χ1v) is 4.84. The van der Waals surface area contributed by atoms with Crippen molar-refractivity contribution >= 4 is 27.5 Å². The molecule has 0 unspecified atom stereocenters. The van der Waals surface area contributed by atoms with Crippen LogP contribution >= 0.6 is 27.5 Å². The Kier molecular flexibility index (Phi) is 3.13. The molecule has 3 heteroatoms. The quantitative estimate of drug-likeness (QED) is 0.650.